The number of nitrogens with zero attached hydrogens (tertiary/aromatic N) is 1. The highest BCUT2D eigenvalue weighted by Gasteiger charge is 2.39. The Balaban J connectivity index is 2.19. The van der Waals surface area contributed by atoms with Gasteiger partial charge >= 0.3 is 0 Å². The molecule has 0 saturated carbocycles. The van der Waals surface area contributed by atoms with E-state index in [2.05, 4.69) is 5.32 Å². The van der Waals surface area contributed by atoms with E-state index in [1.54, 1.807) is 4.90 Å². The van der Waals surface area contributed by atoms with Crippen molar-refractivity contribution in [3.8, 4) is 0 Å². The summed E-state index contributed by atoms with van der Waals surface area (Å²) >= 11 is 0. The highest BCUT2D eigenvalue weighted by atomic mass is 16.5. The fourth-order valence-corrected chi connectivity index (χ4v) is 2.61. The molecule has 0 radical (unpaired) electrons. The lowest BCUT2D eigenvalue weighted by Crippen LogP contribution is -2.60. The predicted molar refractivity (Wildman–Crippen MR) is 79.6 cm³/mol. The zero-order valence-corrected chi connectivity index (χ0v) is 12.5. The van der Waals surface area contributed by atoms with Gasteiger partial charge in [0, 0.05) is 13.2 Å². The van der Waals surface area contributed by atoms with Gasteiger partial charge in [-0.15, -0.1) is 0 Å². The van der Waals surface area contributed by atoms with Crippen molar-refractivity contribution in [2.24, 2.45) is 0 Å². The highest BCUT2D eigenvalue weighted by molar-refractivity contribution is 5.97. The Labute approximate surface area is 125 Å². The normalized spacial score (nSPS) is 22.3. The van der Waals surface area contributed by atoms with Crippen molar-refractivity contribution >= 4 is 11.8 Å². The minimum Gasteiger partial charge on any atom is -0.380 e. The van der Waals surface area contributed by atoms with Gasteiger partial charge in [-0.25, -0.2) is 0 Å². The number of ether oxygens (including phenoxy) is 1. The number of carbonyl (C=O) groups is 2. The summed E-state index contributed by atoms with van der Waals surface area (Å²) < 4.78 is 5.33. The maximum atomic E-state index is 12.7. The maximum absolute atomic E-state index is 12.7. The molecule has 1 saturated heterocycles. The second-order valence-corrected chi connectivity index (χ2v) is 5.00. The smallest absolute Gasteiger partial charge is 0.250 e. The van der Waals surface area contributed by atoms with Crippen molar-refractivity contribution in [2.75, 3.05) is 19.8 Å². The lowest BCUT2D eigenvalue weighted by molar-refractivity contribution is -0.150. The quantitative estimate of drug-likeness (QED) is 0.808. The van der Waals surface area contributed by atoms with Crippen molar-refractivity contribution in [3.63, 3.8) is 0 Å². The molecule has 1 aromatic rings. The molecule has 1 heterocycles. The van der Waals surface area contributed by atoms with Crippen molar-refractivity contribution in [2.45, 2.75) is 32.4 Å². The summed E-state index contributed by atoms with van der Waals surface area (Å²) in [5.74, 6) is -0.158. The summed E-state index contributed by atoms with van der Waals surface area (Å²) in [4.78, 5) is 26.6. The molecule has 2 amide bonds. The Morgan fingerprint density at radius 1 is 1.19 bits per heavy atom. The number of piperazine rings is 1. The molecule has 1 aliphatic heterocycles. The van der Waals surface area contributed by atoms with Gasteiger partial charge in [-0.1, -0.05) is 37.3 Å². The molecule has 1 fully saturated rings. The molecule has 2 atom stereocenters. The van der Waals surface area contributed by atoms with Crippen LogP contribution in [0.5, 0.6) is 0 Å². The van der Waals surface area contributed by atoms with Crippen LogP contribution in [0.15, 0.2) is 30.3 Å². The zero-order valence-electron chi connectivity index (χ0n) is 12.5. The SMILES string of the molecule is CCOCCN1C(=O)C(c2ccccc2)NC(=O)C1CC. The second kappa shape index (κ2) is 7.22. The summed E-state index contributed by atoms with van der Waals surface area (Å²) in [6.07, 6.45) is 0.602. The van der Waals surface area contributed by atoms with Gasteiger partial charge in [-0.05, 0) is 18.9 Å². The maximum Gasteiger partial charge on any atom is 0.250 e. The first-order chi connectivity index (χ1) is 10.2. The summed E-state index contributed by atoms with van der Waals surface area (Å²) in [6, 6.07) is 8.34. The summed E-state index contributed by atoms with van der Waals surface area (Å²) in [5.41, 5.74) is 0.812. The molecule has 1 N–H and O–H groups in total. The van der Waals surface area contributed by atoms with Gasteiger partial charge in [0.25, 0.3) is 5.91 Å². The average molecular weight is 290 g/mol. The van der Waals surface area contributed by atoms with Gasteiger partial charge in [0.05, 0.1) is 6.61 Å². The van der Waals surface area contributed by atoms with Crippen LogP contribution in [0.3, 0.4) is 0 Å². The van der Waals surface area contributed by atoms with Gasteiger partial charge in [-0.3, -0.25) is 9.59 Å². The molecule has 5 heteroatoms. The van der Waals surface area contributed by atoms with Crippen molar-refractivity contribution < 1.29 is 14.3 Å². The van der Waals surface area contributed by atoms with Crippen LogP contribution >= 0.6 is 0 Å². The van der Waals surface area contributed by atoms with Crippen LogP contribution < -0.4 is 5.32 Å². The second-order valence-electron chi connectivity index (χ2n) is 5.00. The van der Waals surface area contributed by atoms with E-state index in [4.69, 9.17) is 4.74 Å². The minimum atomic E-state index is -0.594. The van der Waals surface area contributed by atoms with Crippen molar-refractivity contribution in [1.82, 2.24) is 10.2 Å². The molecule has 2 rings (SSSR count). The van der Waals surface area contributed by atoms with Crippen molar-refractivity contribution in [1.29, 1.82) is 0 Å². The average Bonchev–Trinajstić information content (AvgIpc) is 2.51. The van der Waals surface area contributed by atoms with Crippen LogP contribution in [0.2, 0.25) is 0 Å². The molecule has 0 bridgehead atoms. The topological polar surface area (TPSA) is 58.6 Å². The fraction of sp³-hybridized carbons (Fsp3) is 0.500. The first-order valence-corrected chi connectivity index (χ1v) is 7.42. The zero-order chi connectivity index (χ0) is 15.2. The first-order valence-electron chi connectivity index (χ1n) is 7.42. The van der Waals surface area contributed by atoms with Crippen LogP contribution in [-0.2, 0) is 14.3 Å². The molecule has 5 nitrogen and oxygen atoms in total. The van der Waals surface area contributed by atoms with E-state index < -0.39 is 12.1 Å². The van der Waals surface area contributed by atoms with Crippen molar-refractivity contribution in [3.05, 3.63) is 35.9 Å². The highest BCUT2D eigenvalue weighted by Crippen LogP contribution is 2.23. The Morgan fingerprint density at radius 2 is 1.90 bits per heavy atom. The van der Waals surface area contributed by atoms with Gasteiger partial charge in [0.15, 0.2) is 0 Å². The summed E-state index contributed by atoms with van der Waals surface area (Å²) in [7, 11) is 0. The molecule has 21 heavy (non-hydrogen) atoms. The molecule has 0 aliphatic carbocycles. The largest absolute Gasteiger partial charge is 0.380 e. The number of hydrogen-bond donors (Lipinski definition) is 1. The van der Waals surface area contributed by atoms with Gasteiger partial charge < -0.3 is 15.0 Å². The number of nitrogens with one attached hydrogen (secondary N) is 1. The Bertz CT molecular complexity index is 490. The number of carbonyl (C=O) groups excluding carboxylic acids is 2. The molecule has 0 spiro atoms. The number of benzene rings is 1. The van der Waals surface area contributed by atoms with Gasteiger partial charge in [0.1, 0.15) is 12.1 Å². The molecular formula is C16H22N2O3. The van der Waals surface area contributed by atoms with E-state index in [0.717, 1.165) is 5.56 Å². The van der Waals surface area contributed by atoms with E-state index in [9.17, 15) is 9.59 Å². The number of rotatable bonds is 6. The molecule has 1 aromatic carbocycles. The standard InChI is InChI=1S/C16H22N2O3/c1-3-13-15(19)17-14(12-8-6-5-7-9-12)16(20)18(13)10-11-21-4-2/h5-9,13-14H,3-4,10-11H2,1-2H3,(H,17,19). The third-order valence-corrected chi connectivity index (χ3v) is 3.70. The third kappa shape index (κ3) is 3.42. The molecule has 0 aromatic heterocycles. The van der Waals surface area contributed by atoms with Crippen LogP contribution in [0.1, 0.15) is 31.9 Å². The molecule has 114 valence electrons. The Hall–Kier alpha value is -1.88. The molecule has 1 aliphatic rings. The summed E-state index contributed by atoms with van der Waals surface area (Å²) in [5, 5.41) is 2.83. The third-order valence-electron chi connectivity index (χ3n) is 3.70. The predicted octanol–water partition coefficient (Wildman–Crippen LogP) is 1.50. The number of hydrogen-bond acceptors (Lipinski definition) is 3. The van der Waals surface area contributed by atoms with Crippen LogP contribution in [-0.4, -0.2) is 42.5 Å². The van der Waals surface area contributed by atoms with Gasteiger partial charge in [-0.2, -0.15) is 0 Å². The van der Waals surface area contributed by atoms with Crippen LogP contribution in [0, 0.1) is 0 Å². The Morgan fingerprint density at radius 3 is 2.52 bits per heavy atom. The lowest BCUT2D eigenvalue weighted by Gasteiger charge is -2.38. The first kappa shape index (κ1) is 15.5. The Kier molecular flexibility index (Phi) is 5.33. The van der Waals surface area contributed by atoms with Crippen LogP contribution in [0.4, 0.5) is 0 Å². The van der Waals surface area contributed by atoms with Crippen LogP contribution in [0.25, 0.3) is 0 Å². The molecule has 2 unspecified atom stereocenters. The molecular weight excluding hydrogens is 268 g/mol. The van der Waals surface area contributed by atoms with E-state index in [1.165, 1.54) is 0 Å². The van der Waals surface area contributed by atoms with E-state index in [0.29, 0.717) is 26.2 Å². The van der Waals surface area contributed by atoms with E-state index in [-0.39, 0.29) is 11.8 Å². The lowest BCUT2D eigenvalue weighted by atomic mass is 9.99. The van der Waals surface area contributed by atoms with Gasteiger partial charge in [0.2, 0.25) is 5.91 Å². The summed E-state index contributed by atoms with van der Waals surface area (Å²) in [6.45, 7) is 5.32. The minimum absolute atomic E-state index is 0.0626. The van der Waals surface area contributed by atoms with E-state index in [1.807, 2.05) is 44.2 Å². The number of amides is 2. The van der Waals surface area contributed by atoms with E-state index >= 15 is 0 Å². The fourth-order valence-electron chi connectivity index (χ4n) is 2.61. The monoisotopic (exact) mass is 290 g/mol.